The molecule has 2 aliphatic rings. The van der Waals surface area contributed by atoms with Crippen LogP contribution < -0.4 is 19.3 Å². The van der Waals surface area contributed by atoms with E-state index in [9.17, 15) is 81.5 Å². The normalized spacial score (nSPS) is 16.2. The van der Waals surface area contributed by atoms with Crippen molar-refractivity contribution < 1.29 is 172 Å². The number of aromatic nitrogens is 4. The Morgan fingerprint density at radius 2 is 0.592 bits per heavy atom. The van der Waals surface area contributed by atoms with Crippen LogP contribution in [0.1, 0.15) is 165 Å². The lowest BCUT2D eigenvalue weighted by Gasteiger charge is -2.39. The summed E-state index contributed by atoms with van der Waals surface area (Å²) in [5.74, 6) is -14.9. The average Bonchev–Trinajstić information content (AvgIpc) is 1.03. The molecule has 674 valence electrons. The number of morpholine rings is 2. The molecular weight excluding hydrogens is 1640 g/mol. The first-order valence-corrected chi connectivity index (χ1v) is 39.5. The van der Waals surface area contributed by atoms with Crippen LogP contribution in [0.5, 0.6) is 11.8 Å². The second-order valence-corrected chi connectivity index (χ2v) is 29.8. The fourth-order valence-electron chi connectivity index (χ4n) is 10.00. The summed E-state index contributed by atoms with van der Waals surface area (Å²) in [6, 6.07) is 0. The molecule has 0 radical (unpaired) electrons. The average molecular weight is 1750 g/mol. The van der Waals surface area contributed by atoms with Crippen molar-refractivity contribution in [1.29, 1.82) is 0 Å². The van der Waals surface area contributed by atoms with Crippen molar-refractivity contribution in [2.24, 2.45) is 0 Å². The van der Waals surface area contributed by atoms with E-state index < -0.39 is 211 Å². The predicted octanol–water partition coefficient (Wildman–Crippen LogP) is 2.17. The van der Waals surface area contributed by atoms with Gasteiger partial charge in [-0.15, -0.1) is 8.75 Å². The van der Waals surface area contributed by atoms with Gasteiger partial charge >= 0.3 is 89.5 Å². The number of carbonyl (C=O) groups is 17. The number of ether oxygens (including phenoxy) is 19. The Labute approximate surface area is 701 Å². The zero-order valence-electron chi connectivity index (χ0n) is 71.3. The Kier molecular flexibility index (Phi) is 42.8. The molecule has 2 amide bonds. The largest absolute Gasteiger partial charge is 0.470 e. The van der Waals surface area contributed by atoms with Crippen LogP contribution >= 0.6 is 23.5 Å². The van der Waals surface area contributed by atoms with Gasteiger partial charge in [0.25, 0.3) is 23.6 Å². The maximum absolute atomic E-state index is 14.0. The van der Waals surface area contributed by atoms with Crippen LogP contribution in [0.3, 0.4) is 0 Å². The molecule has 0 N–H and O–H groups in total. The van der Waals surface area contributed by atoms with Crippen molar-refractivity contribution in [3.8, 4) is 11.8 Å². The summed E-state index contributed by atoms with van der Waals surface area (Å²) in [7, 11) is 0. The summed E-state index contributed by atoms with van der Waals surface area (Å²) in [5, 5.41) is 0. The van der Waals surface area contributed by atoms with Gasteiger partial charge in [0.15, 0.2) is 85.5 Å². The summed E-state index contributed by atoms with van der Waals surface area (Å²) in [6.45, 7) is 32.3. The number of rotatable bonds is 42. The Morgan fingerprint density at radius 1 is 0.350 bits per heavy atom. The van der Waals surface area contributed by atoms with Crippen LogP contribution in [-0.4, -0.2) is 311 Å². The van der Waals surface area contributed by atoms with Gasteiger partial charge in [-0.1, -0.05) is 0 Å². The molecule has 2 fully saturated rings. The van der Waals surface area contributed by atoms with E-state index in [2.05, 4.69) is 17.5 Å². The van der Waals surface area contributed by atoms with Crippen LogP contribution in [0.2, 0.25) is 0 Å². The van der Waals surface area contributed by atoms with Gasteiger partial charge < -0.3 is 110 Å². The van der Waals surface area contributed by atoms with Crippen LogP contribution in [0, 0.1) is 0 Å². The van der Waals surface area contributed by atoms with E-state index in [1.807, 2.05) is 9.80 Å². The first-order chi connectivity index (χ1) is 55.9. The molecular formula is C74H110N8O36S2. The Bertz CT molecular complexity index is 3830. The van der Waals surface area contributed by atoms with Crippen molar-refractivity contribution in [3.05, 3.63) is 0 Å². The standard InChI is InChI=1S/C41H60N4O21S.C33H50N4O15S/c1-20(60-36(51)23(4)63-37(52)24(5)61-34(49)21(2)58-28(9)46)33(48)45(41(11,12)13)18-30(19-57-32-31(42-67-43-32)44-14-16-56-17-15-44)66-40(55)27(8)65-39(54)26(7)64-38(53)25(6)62-35(50)22(3)59-29(10)47;1-10-46-25(39)11-12-26(40)52-24(18-47-28-27(34-53-35-28)36-13-15-45-16-14-36)17-37(33(7,8)9)29(41)19(2)49-31(43)21(4)51-32(44)22(5)50-30(42)20(3)48-23(6)38/h20-27,30H,14-19H2,1-13H3;19-22,24H,10-18H2,1-9H3/t20?,21?,22?,23?,24?,25?,26?,27?,30-;19?,20?,21?,22?,24-/m00/s1. The molecule has 2 aliphatic heterocycles. The number of anilines is 2. The van der Waals surface area contributed by atoms with Crippen molar-refractivity contribution >= 4 is 136 Å². The molecule has 14 atom stereocenters. The van der Waals surface area contributed by atoms with Gasteiger partial charge in [-0.25, -0.2) is 47.9 Å². The molecule has 0 saturated carbocycles. The molecule has 0 spiro atoms. The van der Waals surface area contributed by atoms with Crippen molar-refractivity contribution in [2.75, 3.05) is 95.3 Å². The van der Waals surface area contributed by atoms with E-state index in [1.165, 1.54) is 72.1 Å². The third-order valence-electron chi connectivity index (χ3n) is 16.3. The molecule has 120 heavy (non-hydrogen) atoms. The SMILES string of the molecule is CC(=O)OC(C)C(=O)OC(C)C(=O)OC(C)C(=O)OC(C)C(=O)O[C@H](COc1nsnc1N1CCOCC1)CN(C(=O)C(C)OC(=O)C(C)OC(=O)C(C)OC(=O)C(C)OC(C)=O)C(C)(C)C.CCOC(=O)CCC(=O)O[C@H](COc1nsnc1N1CCOCC1)CN(C(=O)C(C)OC(=O)C(C)OC(=O)C(C)OC(=O)C(C)OC(C)=O)C(C)(C)C. The second kappa shape index (κ2) is 49.7. The molecule has 2 aromatic rings. The summed E-state index contributed by atoms with van der Waals surface area (Å²) in [5.41, 5.74) is -1.96. The number of hydrogen-bond donors (Lipinski definition) is 0. The highest BCUT2D eigenvalue weighted by atomic mass is 32.1. The van der Waals surface area contributed by atoms with Gasteiger partial charge in [0.1, 0.15) is 13.2 Å². The van der Waals surface area contributed by atoms with E-state index in [0.717, 1.165) is 65.0 Å². The highest BCUT2D eigenvalue weighted by Gasteiger charge is 2.41. The maximum atomic E-state index is 14.0. The summed E-state index contributed by atoms with van der Waals surface area (Å²) < 4.78 is 116. The third-order valence-corrected chi connectivity index (χ3v) is 17.3. The number of carbonyl (C=O) groups excluding carboxylic acids is 17. The van der Waals surface area contributed by atoms with E-state index in [0.29, 0.717) is 64.2 Å². The molecule has 46 heteroatoms. The fourth-order valence-corrected chi connectivity index (χ4v) is 11.0. The summed E-state index contributed by atoms with van der Waals surface area (Å²) >= 11 is 1.80. The highest BCUT2D eigenvalue weighted by Crippen LogP contribution is 2.30. The lowest BCUT2D eigenvalue weighted by atomic mass is 10.0. The molecule has 2 saturated heterocycles. The third kappa shape index (κ3) is 36.0. The minimum Gasteiger partial charge on any atom is -0.470 e. The van der Waals surface area contributed by atoms with Gasteiger partial charge in [0, 0.05) is 58.0 Å². The fraction of sp³-hybridized carbons (Fsp3) is 0.716. The van der Waals surface area contributed by atoms with E-state index in [-0.39, 0.29) is 44.4 Å². The number of nitrogens with zero attached hydrogens (tertiary/aromatic N) is 8. The first-order valence-electron chi connectivity index (χ1n) is 38.1. The van der Waals surface area contributed by atoms with Crippen LogP contribution in [-0.2, 0) is 162 Å². The number of hydrogen-bond acceptors (Lipinski definition) is 44. The van der Waals surface area contributed by atoms with E-state index >= 15 is 0 Å². The smallest absolute Gasteiger partial charge is 0.347 e. The Balaban J connectivity index is 0.000000637. The molecule has 0 aromatic carbocycles. The van der Waals surface area contributed by atoms with Crippen molar-refractivity contribution in [2.45, 2.75) is 262 Å². The number of amides is 2. The molecule has 4 rings (SSSR count). The Hall–Kier alpha value is -10.8. The first kappa shape index (κ1) is 103. The molecule has 0 aliphatic carbocycles. The zero-order valence-corrected chi connectivity index (χ0v) is 72.9. The highest BCUT2D eigenvalue weighted by molar-refractivity contribution is 6.99. The quantitative estimate of drug-likeness (QED) is 0.0679. The molecule has 44 nitrogen and oxygen atoms in total. The van der Waals surface area contributed by atoms with Crippen LogP contribution in [0.15, 0.2) is 0 Å². The molecule has 12 unspecified atom stereocenters. The molecule has 4 heterocycles. The van der Waals surface area contributed by atoms with Gasteiger partial charge in [-0.3, -0.25) is 33.6 Å². The lowest BCUT2D eigenvalue weighted by molar-refractivity contribution is -0.186. The van der Waals surface area contributed by atoms with Crippen LogP contribution in [0.4, 0.5) is 11.6 Å². The van der Waals surface area contributed by atoms with Gasteiger partial charge in [0.05, 0.1) is 82.4 Å². The Morgan fingerprint density at radius 3 is 0.850 bits per heavy atom. The minimum absolute atomic E-state index is 0.0891. The molecule has 2 aromatic heterocycles. The van der Waals surface area contributed by atoms with Gasteiger partial charge in [0.2, 0.25) is 11.6 Å². The van der Waals surface area contributed by atoms with Gasteiger partial charge in [-0.2, -0.15) is 8.75 Å². The van der Waals surface area contributed by atoms with E-state index in [1.54, 1.807) is 48.5 Å². The lowest BCUT2D eigenvalue weighted by Crippen LogP contribution is -2.54. The summed E-state index contributed by atoms with van der Waals surface area (Å²) in [6.07, 6.45) is -20.6. The van der Waals surface area contributed by atoms with Crippen molar-refractivity contribution in [3.63, 3.8) is 0 Å². The van der Waals surface area contributed by atoms with E-state index in [4.69, 9.17) is 90.0 Å². The minimum atomic E-state index is -1.63. The second-order valence-electron chi connectivity index (χ2n) is 28.8. The summed E-state index contributed by atoms with van der Waals surface area (Å²) in [4.78, 5) is 219. The zero-order chi connectivity index (χ0) is 90.8. The predicted molar refractivity (Wildman–Crippen MR) is 409 cm³/mol. The van der Waals surface area contributed by atoms with Gasteiger partial charge in [-0.05, 0) is 132 Å². The number of esters is 15. The molecule has 0 bridgehead atoms. The maximum Gasteiger partial charge on any atom is 0.347 e. The van der Waals surface area contributed by atoms with Crippen molar-refractivity contribution in [1.82, 2.24) is 27.3 Å². The monoisotopic (exact) mass is 1750 g/mol. The topological polar surface area (TPSA) is 530 Å². The van der Waals surface area contributed by atoms with Crippen LogP contribution in [0.25, 0.3) is 0 Å².